The fourth-order valence-electron chi connectivity index (χ4n) is 4.52. The van der Waals surface area contributed by atoms with E-state index in [9.17, 15) is 9.59 Å². The van der Waals surface area contributed by atoms with E-state index in [1.165, 1.54) is 4.90 Å². The molecule has 5 heteroatoms. The first kappa shape index (κ1) is 20.2. The van der Waals surface area contributed by atoms with Crippen LogP contribution in [0.5, 0.6) is 5.75 Å². The van der Waals surface area contributed by atoms with Crippen molar-refractivity contribution >= 4 is 23.1 Å². The molecule has 2 aliphatic rings. The van der Waals surface area contributed by atoms with Gasteiger partial charge >= 0.3 is 0 Å². The maximum Gasteiger partial charge on any atom is 0.282 e. The Balaban J connectivity index is 1.86. The highest BCUT2D eigenvalue weighted by atomic mass is 16.5. The van der Waals surface area contributed by atoms with Gasteiger partial charge in [-0.25, -0.2) is 4.90 Å². The molecular weight excluding hydrogens is 376 g/mol. The van der Waals surface area contributed by atoms with Gasteiger partial charge in [0.1, 0.15) is 11.4 Å². The van der Waals surface area contributed by atoms with E-state index in [4.69, 9.17) is 4.74 Å². The molecule has 0 aliphatic carbocycles. The van der Waals surface area contributed by atoms with Gasteiger partial charge in [0.2, 0.25) is 0 Å². The molecule has 2 aliphatic heterocycles. The topological polar surface area (TPSA) is 49.9 Å². The molecule has 5 nitrogen and oxygen atoms in total. The lowest BCUT2D eigenvalue weighted by Gasteiger charge is -2.33. The molecule has 1 fully saturated rings. The molecular formula is C25H28N2O3. The number of anilines is 1. The van der Waals surface area contributed by atoms with Gasteiger partial charge in [0.05, 0.1) is 18.4 Å². The summed E-state index contributed by atoms with van der Waals surface area (Å²) in [5, 5.41) is 0. The molecule has 2 amide bonds. The number of piperidine rings is 1. The van der Waals surface area contributed by atoms with E-state index in [1.807, 2.05) is 26.0 Å². The fraction of sp³-hybridized carbons (Fsp3) is 0.360. The van der Waals surface area contributed by atoms with Gasteiger partial charge in [0.25, 0.3) is 11.8 Å². The number of ether oxygens (including phenoxy) is 1. The molecule has 0 spiro atoms. The van der Waals surface area contributed by atoms with Crippen LogP contribution in [0.4, 0.5) is 5.69 Å². The van der Waals surface area contributed by atoms with E-state index in [-0.39, 0.29) is 11.8 Å². The number of amides is 2. The highest BCUT2D eigenvalue weighted by molar-refractivity contribution is 6.45. The van der Waals surface area contributed by atoms with Crippen molar-refractivity contribution in [2.24, 2.45) is 5.92 Å². The maximum atomic E-state index is 13.7. The second kappa shape index (κ2) is 7.98. The van der Waals surface area contributed by atoms with Gasteiger partial charge in [-0.15, -0.1) is 0 Å². The van der Waals surface area contributed by atoms with Crippen molar-refractivity contribution in [3.8, 4) is 5.75 Å². The first-order valence-corrected chi connectivity index (χ1v) is 10.5. The summed E-state index contributed by atoms with van der Waals surface area (Å²) in [4.78, 5) is 30.7. The van der Waals surface area contributed by atoms with Crippen molar-refractivity contribution in [2.75, 3.05) is 25.1 Å². The number of imide groups is 1. The quantitative estimate of drug-likeness (QED) is 0.712. The third kappa shape index (κ3) is 3.49. The van der Waals surface area contributed by atoms with Crippen molar-refractivity contribution < 1.29 is 14.3 Å². The fourth-order valence-corrected chi connectivity index (χ4v) is 4.52. The zero-order chi connectivity index (χ0) is 21.4. The first-order chi connectivity index (χ1) is 14.4. The first-order valence-electron chi connectivity index (χ1n) is 10.5. The highest BCUT2D eigenvalue weighted by Crippen LogP contribution is 2.38. The monoisotopic (exact) mass is 404 g/mol. The number of hydrogen-bond donors (Lipinski definition) is 0. The summed E-state index contributed by atoms with van der Waals surface area (Å²) in [6.07, 6.45) is 2.16. The number of aryl methyl sites for hydroxylation is 2. The maximum absolute atomic E-state index is 13.7. The number of rotatable bonds is 4. The number of methoxy groups -OCH3 is 1. The summed E-state index contributed by atoms with van der Waals surface area (Å²) in [6.45, 7) is 7.80. The second-order valence-corrected chi connectivity index (χ2v) is 8.38. The van der Waals surface area contributed by atoms with E-state index in [2.05, 4.69) is 17.9 Å². The minimum atomic E-state index is -0.270. The second-order valence-electron chi connectivity index (χ2n) is 8.38. The summed E-state index contributed by atoms with van der Waals surface area (Å²) in [7, 11) is 1.58. The van der Waals surface area contributed by atoms with Crippen LogP contribution >= 0.6 is 0 Å². The molecule has 4 rings (SSSR count). The zero-order valence-corrected chi connectivity index (χ0v) is 18.1. The zero-order valence-electron chi connectivity index (χ0n) is 18.1. The Morgan fingerprint density at radius 2 is 1.83 bits per heavy atom. The average molecular weight is 405 g/mol. The van der Waals surface area contributed by atoms with Crippen LogP contribution in [0.1, 0.15) is 36.5 Å². The third-order valence-corrected chi connectivity index (χ3v) is 6.00. The predicted octanol–water partition coefficient (Wildman–Crippen LogP) is 4.33. The van der Waals surface area contributed by atoms with Gasteiger partial charge in [-0.1, -0.05) is 36.8 Å². The SMILES string of the molecule is COc1cccc(N2C(=O)C(c3ccc(C)cc3C)=C(N3CCCC(C)C3)C2=O)c1. The Morgan fingerprint density at radius 3 is 2.53 bits per heavy atom. The Kier molecular flexibility index (Phi) is 5.37. The predicted molar refractivity (Wildman–Crippen MR) is 118 cm³/mol. The number of hydrogen-bond acceptors (Lipinski definition) is 4. The molecule has 30 heavy (non-hydrogen) atoms. The molecule has 0 bridgehead atoms. The molecule has 2 heterocycles. The molecule has 1 saturated heterocycles. The van der Waals surface area contributed by atoms with Crippen molar-refractivity contribution in [1.29, 1.82) is 0 Å². The van der Waals surface area contributed by atoms with E-state index in [0.717, 1.165) is 42.6 Å². The average Bonchev–Trinajstić information content (AvgIpc) is 2.98. The molecule has 2 aromatic rings. The van der Waals surface area contributed by atoms with Gasteiger partial charge < -0.3 is 9.64 Å². The number of likely N-dealkylation sites (tertiary alicyclic amines) is 1. The molecule has 1 atom stereocenters. The smallest absolute Gasteiger partial charge is 0.282 e. The van der Waals surface area contributed by atoms with Gasteiger partial charge in [-0.3, -0.25) is 9.59 Å². The molecule has 0 N–H and O–H groups in total. The molecule has 0 aromatic heterocycles. The summed E-state index contributed by atoms with van der Waals surface area (Å²) in [5.41, 5.74) is 4.53. The minimum absolute atomic E-state index is 0.252. The van der Waals surface area contributed by atoms with Crippen LogP contribution in [0, 0.1) is 19.8 Å². The molecule has 0 saturated carbocycles. The molecule has 2 aromatic carbocycles. The van der Waals surface area contributed by atoms with Crippen LogP contribution in [-0.4, -0.2) is 36.9 Å². The van der Waals surface area contributed by atoms with Crippen LogP contribution in [0.2, 0.25) is 0 Å². The molecule has 156 valence electrons. The Morgan fingerprint density at radius 1 is 1.03 bits per heavy atom. The van der Waals surface area contributed by atoms with Crippen molar-refractivity contribution in [3.63, 3.8) is 0 Å². The van der Waals surface area contributed by atoms with Crippen LogP contribution in [0.25, 0.3) is 5.57 Å². The van der Waals surface area contributed by atoms with Crippen LogP contribution in [0.3, 0.4) is 0 Å². The van der Waals surface area contributed by atoms with Crippen molar-refractivity contribution in [2.45, 2.75) is 33.6 Å². The normalized spacial score (nSPS) is 19.7. The van der Waals surface area contributed by atoms with Crippen molar-refractivity contribution in [1.82, 2.24) is 4.90 Å². The largest absolute Gasteiger partial charge is 0.497 e. The van der Waals surface area contributed by atoms with Gasteiger partial charge in [-0.05, 0) is 55.9 Å². The van der Waals surface area contributed by atoms with E-state index in [0.29, 0.717) is 28.6 Å². The Bertz CT molecular complexity index is 1040. The Labute approximate surface area is 177 Å². The molecule has 1 unspecified atom stereocenters. The summed E-state index contributed by atoms with van der Waals surface area (Å²) < 4.78 is 5.31. The summed E-state index contributed by atoms with van der Waals surface area (Å²) in [5.74, 6) is 0.576. The minimum Gasteiger partial charge on any atom is -0.497 e. The van der Waals surface area contributed by atoms with Gasteiger partial charge in [0.15, 0.2) is 0 Å². The third-order valence-electron chi connectivity index (χ3n) is 6.00. The number of carbonyl (C=O) groups is 2. The Hall–Kier alpha value is -3.08. The van der Waals surface area contributed by atoms with Crippen LogP contribution in [-0.2, 0) is 9.59 Å². The highest BCUT2D eigenvalue weighted by Gasteiger charge is 2.43. The van der Waals surface area contributed by atoms with Gasteiger partial charge in [-0.2, -0.15) is 0 Å². The van der Waals surface area contributed by atoms with E-state index < -0.39 is 0 Å². The van der Waals surface area contributed by atoms with Gasteiger partial charge in [0, 0.05) is 19.2 Å². The lowest BCUT2D eigenvalue weighted by atomic mass is 9.95. The molecule has 0 radical (unpaired) electrons. The number of carbonyl (C=O) groups excluding carboxylic acids is 2. The summed E-state index contributed by atoms with van der Waals surface area (Å²) in [6, 6.07) is 13.1. The van der Waals surface area contributed by atoms with Crippen molar-refractivity contribution in [3.05, 3.63) is 64.9 Å². The van der Waals surface area contributed by atoms with E-state index in [1.54, 1.807) is 31.4 Å². The van der Waals surface area contributed by atoms with Crippen LogP contribution < -0.4 is 9.64 Å². The number of benzene rings is 2. The van der Waals surface area contributed by atoms with Crippen LogP contribution in [0.15, 0.2) is 48.2 Å². The number of nitrogens with zero attached hydrogens (tertiary/aromatic N) is 2. The van der Waals surface area contributed by atoms with E-state index >= 15 is 0 Å². The lowest BCUT2D eigenvalue weighted by Crippen LogP contribution is -2.39. The lowest BCUT2D eigenvalue weighted by molar-refractivity contribution is -0.120. The standard InChI is InChI=1S/C25H28N2O3/c1-16-10-11-21(18(3)13-16)22-23(26-12-6-7-17(2)15-26)25(29)27(24(22)28)19-8-5-9-20(14-19)30-4/h5,8-11,13-14,17H,6-7,12,15H2,1-4H3. The summed E-state index contributed by atoms with van der Waals surface area (Å²) >= 11 is 0.